The number of hydrogen-bond donors (Lipinski definition) is 3. The van der Waals surface area contributed by atoms with Crippen LogP contribution < -0.4 is 17.2 Å². The van der Waals surface area contributed by atoms with Crippen molar-refractivity contribution in [1.29, 1.82) is 0 Å². The van der Waals surface area contributed by atoms with Crippen molar-refractivity contribution in [2.75, 3.05) is 13.2 Å². The summed E-state index contributed by atoms with van der Waals surface area (Å²) in [6, 6.07) is 6.91. The Labute approximate surface area is 112 Å². The number of nitrogens with zero attached hydrogens (tertiary/aromatic N) is 1. The molecule has 6 heteroatoms. The van der Waals surface area contributed by atoms with E-state index in [9.17, 15) is 4.79 Å². The van der Waals surface area contributed by atoms with Gasteiger partial charge in [-0.1, -0.05) is 29.4 Å². The summed E-state index contributed by atoms with van der Waals surface area (Å²) in [5.74, 6) is -0.503. The number of hydrogen-bond acceptors (Lipinski definition) is 5. The van der Waals surface area contributed by atoms with Gasteiger partial charge in [-0.3, -0.25) is 4.79 Å². The lowest BCUT2D eigenvalue weighted by Gasteiger charge is -2.08. The van der Waals surface area contributed by atoms with Gasteiger partial charge in [-0.25, -0.2) is 0 Å². The van der Waals surface area contributed by atoms with E-state index < -0.39 is 11.9 Å². The molecular weight excluding hydrogens is 244 g/mol. The summed E-state index contributed by atoms with van der Waals surface area (Å²) in [4.78, 5) is 15.9. The Balaban J connectivity index is 2.65. The van der Waals surface area contributed by atoms with Crippen molar-refractivity contribution in [2.45, 2.75) is 19.4 Å². The minimum atomic E-state index is -0.659. The summed E-state index contributed by atoms with van der Waals surface area (Å²) in [5, 5.41) is 3.94. The first-order chi connectivity index (χ1) is 9.04. The minimum Gasteiger partial charge on any atom is -0.394 e. The summed E-state index contributed by atoms with van der Waals surface area (Å²) >= 11 is 0. The van der Waals surface area contributed by atoms with Gasteiger partial charge in [0, 0.05) is 6.54 Å². The van der Waals surface area contributed by atoms with E-state index in [1.807, 2.05) is 31.2 Å². The van der Waals surface area contributed by atoms with Crippen LogP contribution in [0.15, 0.2) is 29.4 Å². The molecule has 104 valence electrons. The standard InChI is InChI=1S/C13H20N4O2/c1-9(17-19-7-6-14)11-4-2-10(3-5-11)8-12(15)13(16)18/h2-5,12H,6-8,14-15H2,1H3,(H2,16,18)/b17-9-/t12-/m0/s1. The van der Waals surface area contributed by atoms with Gasteiger partial charge < -0.3 is 22.0 Å². The Hall–Kier alpha value is -1.92. The van der Waals surface area contributed by atoms with E-state index in [2.05, 4.69) is 5.16 Å². The first-order valence-electron chi connectivity index (χ1n) is 6.05. The first-order valence-corrected chi connectivity index (χ1v) is 6.05. The van der Waals surface area contributed by atoms with Crippen LogP contribution in [0.25, 0.3) is 0 Å². The Morgan fingerprint density at radius 2 is 2.00 bits per heavy atom. The average molecular weight is 264 g/mol. The van der Waals surface area contributed by atoms with Gasteiger partial charge in [0.2, 0.25) is 5.91 Å². The van der Waals surface area contributed by atoms with E-state index in [0.717, 1.165) is 16.8 Å². The highest BCUT2D eigenvalue weighted by molar-refractivity contribution is 5.98. The third kappa shape index (κ3) is 5.07. The Morgan fingerprint density at radius 3 is 2.53 bits per heavy atom. The fourth-order valence-electron chi connectivity index (χ4n) is 1.48. The predicted molar refractivity (Wildman–Crippen MR) is 74.5 cm³/mol. The monoisotopic (exact) mass is 264 g/mol. The number of carbonyl (C=O) groups excluding carboxylic acids is 1. The molecule has 0 aliphatic carbocycles. The quantitative estimate of drug-likeness (QED) is 0.357. The fourth-order valence-corrected chi connectivity index (χ4v) is 1.48. The van der Waals surface area contributed by atoms with Crippen molar-refractivity contribution in [3.8, 4) is 0 Å². The summed E-state index contributed by atoms with van der Waals surface area (Å²) < 4.78 is 0. The molecule has 0 bridgehead atoms. The van der Waals surface area contributed by atoms with Crippen LogP contribution in [0.2, 0.25) is 0 Å². The van der Waals surface area contributed by atoms with Crippen LogP contribution in [0.4, 0.5) is 0 Å². The molecule has 0 spiro atoms. The van der Waals surface area contributed by atoms with E-state index in [0.29, 0.717) is 19.6 Å². The molecule has 19 heavy (non-hydrogen) atoms. The zero-order valence-corrected chi connectivity index (χ0v) is 11.0. The normalized spacial score (nSPS) is 13.1. The Bertz CT molecular complexity index is 442. The van der Waals surface area contributed by atoms with E-state index in [-0.39, 0.29) is 0 Å². The van der Waals surface area contributed by atoms with Gasteiger partial charge in [0.05, 0.1) is 11.8 Å². The van der Waals surface area contributed by atoms with E-state index in [1.165, 1.54) is 0 Å². The highest BCUT2D eigenvalue weighted by Gasteiger charge is 2.09. The Kier molecular flexibility index (Phi) is 5.98. The lowest BCUT2D eigenvalue weighted by molar-refractivity contribution is -0.119. The number of amides is 1. The second-order valence-corrected chi connectivity index (χ2v) is 4.21. The van der Waals surface area contributed by atoms with E-state index in [4.69, 9.17) is 22.0 Å². The molecule has 0 heterocycles. The molecule has 1 rings (SSSR count). The van der Waals surface area contributed by atoms with Crippen LogP contribution in [-0.2, 0) is 16.1 Å². The number of primary amides is 1. The van der Waals surface area contributed by atoms with Crippen LogP contribution in [0.5, 0.6) is 0 Å². The average Bonchev–Trinajstić information content (AvgIpc) is 2.39. The molecule has 0 aliphatic heterocycles. The van der Waals surface area contributed by atoms with Crippen molar-refractivity contribution < 1.29 is 9.63 Å². The Morgan fingerprint density at radius 1 is 1.37 bits per heavy atom. The number of nitrogens with two attached hydrogens (primary N) is 3. The number of rotatable bonds is 7. The highest BCUT2D eigenvalue weighted by atomic mass is 16.6. The third-order valence-corrected chi connectivity index (χ3v) is 2.60. The molecule has 0 aliphatic rings. The summed E-state index contributed by atoms with van der Waals surface area (Å²) in [6.07, 6.45) is 0.426. The second kappa shape index (κ2) is 7.50. The molecule has 6 nitrogen and oxygen atoms in total. The summed E-state index contributed by atoms with van der Waals surface area (Å²) in [6.45, 7) is 2.67. The fraction of sp³-hybridized carbons (Fsp3) is 0.385. The zero-order chi connectivity index (χ0) is 14.3. The van der Waals surface area contributed by atoms with Crippen LogP contribution in [0, 0.1) is 0 Å². The van der Waals surface area contributed by atoms with Gasteiger partial charge in [0.1, 0.15) is 6.61 Å². The number of carbonyl (C=O) groups is 1. The largest absolute Gasteiger partial charge is 0.394 e. The summed E-state index contributed by atoms with van der Waals surface area (Å²) in [7, 11) is 0. The lowest BCUT2D eigenvalue weighted by atomic mass is 10.0. The third-order valence-electron chi connectivity index (χ3n) is 2.60. The maximum absolute atomic E-state index is 10.9. The van der Waals surface area contributed by atoms with Crippen LogP contribution in [-0.4, -0.2) is 30.8 Å². The van der Waals surface area contributed by atoms with E-state index >= 15 is 0 Å². The smallest absolute Gasteiger partial charge is 0.234 e. The molecule has 0 fully saturated rings. The van der Waals surface area contributed by atoms with Crippen molar-refractivity contribution in [3.05, 3.63) is 35.4 Å². The minimum absolute atomic E-state index is 0.392. The molecule has 0 aromatic heterocycles. The molecule has 1 aromatic rings. The molecule has 6 N–H and O–H groups in total. The van der Waals surface area contributed by atoms with Crippen LogP contribution in [0.1, 0.15) is 18.1 Å². The van der Waals surface area contributed by atoms with Crippen molar-refractivity contribution in [1.82, 2.24) is 0 Å². The highest BCUT2D eigenvalue weighted by Crippen LogP contribution is 2.08. The molecule has 1 atom stereocenters. The maximum atomic E-state index is 10.9. The molecule has 0 saturated carbocycles. The lowest BCUT2D eigenvalue weighted by Crippen LogP contribution is -2.38. The predicted octanol–water partition coefficient (Wildman–Crippen LogP) is -0.259. The molecule has 0 radical (unpaired) electrons. The molecule has 1 amide bonds. The van der Waals surface area contributed by atoms with Gasteiger partial charge in [0.25, 0.3) is 0 Å². The number of oxime groups is 1. The first kappa shape index (κ1) is 15.1. The van der Waals surface area contributed by atoms with Gasteiger partial charge in [0.15, 0.2) is 0 Å². The van der Waals surface area contributed by atoms with Gasteiger partial charge in [-0.2, -0.15) is 0 Å². The molecule has 1 aromatic carbocycles. The molecule has 0 saturated heterocycles. The van der Waals surface area contributed by atoms with Gasteiger partial charge in [-0.15, -0.1) is 0 Å². The van der Waals surface area contributed by atoms with Gasteiger partial charge >= 0.3 is 0 Å². The summed E-state index contributed by atoms with van der Waals surface area (Å²) in [5.41, 5.74) is 18.7. The number of benzene rings is 1. The van der Waals surface area contributed by atoms with Crippen LogP contribution in [0.3, 0.4) is 0 Å². The van der Waals surface area contributed by atoms with Crippen molar-refractivity contribution in [3.63, 3.8) is 0 Å². The SMILES string of the molecule is C/C(=N/OCCN)c1ccc(C[C@H](N)C(N)=O)cc1. The second-order valence-electron chi connectivity index (χ2n) is 4.21. The van der Waals surface area contributed by atoms with Gasteiger partial charge in [-0.05, 0) is 24.5 Å². The molecular formula is C13H20N4O2. The maximum Gasteiger partial charge on any atom is 0.234 e. The van der Waals surface area contributed by atoms with Crippen LogP contribution >= 0.6 is 0 Å². The molecule has 0 unspecified atom stereocenters. The van der Waals surface area contributed by atoms with Crippen molar-refractivity contribution in [2.24, 2.45) is 22.4 Å². The topological polar surface area (TPSA) is 117 Å². The van der Waals surface area contributed by atoms with Crippen molar-refractivity contribution >= 4 is 11.6 Å². The van der Waals surface area contributed by atoms with E-state index in [1.54, 1.807) is 0 Å². The zero-order valence-electron chi connectivity index (χ0n) is 11.0.